The maximum absolute atomic E-state index is 14.0. The zero-order valence-electron chi connectivity index (χ0n) is 10.0. The molecular formula is C12H9F4N3S. The number of nitrogens with zero attached hydrogens (tertiary/aromatic N) is 3. The minimum absolute atomic E-state index is 0.0950. The third-order valence-electron chi connectivity index (χ3n) is 3.11. The van der Waals surface area contributed by atoms with E-state index in [0.29, 0.717) is 10.8 Å². The molecule has 1 heterocycles. The number of thiol groups is 1. The van der Waals surface area contributed by atoms with E-state index in [9.17, 15) is 17.6 Å². The average Bonchev–Trinajstić information content (AvgIpc) is 3.06. The van der Waals surface area contributed by atoms with Crippen molar-refractivity contribution in [2.24, 2.45) is 0 Å². The van der Waals surface area contributed by atoms with Gasteiger partial charge in [-0.15, -0.1) is 17.7 Å². The topological polar surface area (TPSA) is 30.7 Å². The van der Waals surface area contributed by atoms with Gasteiger partial charge in [-0.25, -0.2) is 14.1 Å². The van der Waals surface area contributed by atoms with Crippen LogP contribution in [0.1, 0.15) is 30.1 Å². The highest BCUT2D eigenvalue weighted by Crippen LogP contribution is 2.43. The summed E-state index contributed by atoms with van der Waals surface area (Å²) in [5, 5.41) is 3.25. The zero-order chi connectivity index (χ0) is 14.5. The van der Waals surface area contributed by atoms with Crippen molar-refractivity contribution in [1.29, 1.82) is 0 Å². The van der Waals surface area contributed by atoms with Crippen LogP contribution in [0, 0.1) is 5.82 Å². The Balaban J connectivity index is 2.01. The predicted octanol–water partition coefficient (Wildman–Crippen LogP) is 3.59. The highest BCUT2D eigenvalue weighted by atomic mass is 32.1. The molecular weight excluding hydrogens is 294 g/mol. The molecule has 0 amide bonds. The molecule has 0 spiro atoms. The maximum Gasteiger partial charge on any atom is 0.453 e. The van der Waals surface area contributed by atoms with Crippen LogP contribution < -0.4 is 0 Å². The summed E-state index contributed by atoms with van der Waals surface area (Å²) in [5.74, 6) is -1.64. The van der Waals surface area contributed by atoms with Crippen LogP contribution in [0.3, 0.4) is 0 Å². The van der Waals surface area contributed by atoms with Crippen molar-refractivity contribution in [1.82, 2.24) is 14.8 Å². The fourth-order valence-electron chi connectivity index (χ4n) is 1.97. The van der Waals surface area contributed by atoms with E-state index in [-0.39, 0.29) is 5.69 Å². The van der Waals surface area contributed by atoms with E-state index in [4.69, 9.17) is 0 Å². The summed E-state index contributed by atoms with van der Waals surface area (Å²) in [6, 6.07) is 2.69. The van der Waals surface area contributed by atoms with Crippen LogP contribution in [0.25, 0.3) is 5.69 Å². The van der Waals surface area contributed by atoms with Gasteiger partial charge in [0.1, 0.15) is 17.8 Å². The first-order chi connectivity index (χ1) is 9.36. The number of benzene rings is 1. The number of halogens is 4. The molecule has 0 N–H and O–H groups in total. The largest absolute Gasteiger partial charge is 0.453 e. The molecule has 0 unspecified atom stereocenters. The van der Waals surface area contributed by atoms with E-state index in [1.807, 2.05) is 0 Å². The molecule has 1 fully saturated rings. The summed E-state index contributed by atoms with van der Waals surface area (Å²) < 4.78 is 52.1. The van der Waals surface area contributed by atoms with Gasteiger partial charge >= 0.3 is 6.18 Å². The fraction of sp³-hybridized carbons (Fsp3) is 0.333. The first-order valence-corrected chi connectivity index (χ1v) is 6.32. The van der Waals surface area contributed by atoms with E-state index in [1.54, 1.807) is 0 Å². The minimum Gasteiger partial charge on any atom is -0.217 e. The third kappa shape index (κ3) is 2.39. The summed E-state index contributed by atoms with van der Waals surface area (Å²) in [5.41, 5.74) is 0.688. The van der Waals surface area contributed by atoms with E-state index in [0.717, 1.165) is 29.4 Å². The number of alkyl halides is 3. The second-order valence-corrected chi connectivity index (χ2v) is 5.13. The lowest BCUT2D eigenvalue weighted by Gasteiger charge is -2.08. The Bertz CT molecular complexity index is 661. The SMILES string of the molecule is Fc1cc(C2CC2)c(S)cc1-n1cnc(C(F)(F)F)n1. The minimum atomic E-state index is -4.65. The molecule has 1 aromatic heterocycles. The average molecular weight is 303 g/mol. The van der Waals surface area contributed by atoms with E-state index in [1.165, 1.54) is 12.1 Å². The molecule has 20 heavy (non-hydrogen) atoms. The highest BCUT2D eigenvalue weighted by molar-refractivity contribution is 7.80. The molecule has 1 aromatic carbocycles. The van der Waals surface area contributed by atoms with Crippen molar-refractivity contribution in [3.8, 4) is 5.69 Å². The van der Waals surface area contributed by atoms with E-state index >= 15 is 0 Å². The highest BCUT2D eigenvalue weighted by Gasteiger charge is 2.36. The van der Waals surface area contributed by atoms with Crippen LogP contribution in [-0.4, -0.2) is 14.8 Å². The Hall–Kier alpha value is -1.57. The van der Waals surface area contributed by atoms with E-state index in [2.05, 4.69) is 22.7 Å². The molecule has 106 valence electrons. The molecule has 2 aromatic rings. The summed E-state index contributed by atoms with van der Waals surface area (Å²) in [6.45, 7) is 0. The molecule has 0 radical (unpaired) electrons. The summed E-state index contributed by atoms with van der Waals surface area (Å²) in [6.07, 6.45) is -1.85. The first kappa shape index (κ1) is 13.4. The number of aromatic nitrogens is 3. The summed E-state index contributed by atoms with van der Waals surface area (Å²) in [4.78, 5) is 3.69. The number of hydrogen-bond donors (Lipinski definition) is 1. The maximum atomic E-state index is 14.0. The quantitative estimate of drug-likeness (QED) is 0.679. The van der Waals surface area contributed by atoms with Crippen LogP contribution in [0.2, 0.25) is 0 Å². The van der Waals surface area contributed by atoms with Gasteiger partial charge in [0.25, 0.3) is 5.82 Å². The number of rotatable bonds is 2. The first-order valence-electron chi connectivity index (χ1n) is 5.88. The van der Waals surface area contributed by atoms with Gasteiger partial charge in [0.05, 0.1) is 0 Å². The molecule has 1 aliphatic carbocycles. The van der Waals surface area contributed by atoms with Gasteiger partial charge in [0, 0.05) is 4.90 Å². The molecule has 3 rings (SSSR count). The molecule has 0 saturated heterocycles. The smallest absolute Gasteiger partial charge is 0.217 e. The zero-order valence-corrected chi connectivity index (χ0v) is 10.9. The Labute approximate surface area is 117 Å². The van der Waals surface area contributed by atoms with Gasteiger partial charge in [-0.3, -0.25) is 0 Å². The second kappa shape index (κ2) is 4.47. The van der Waals surface area contributed by atoms with Gasteiger partial charge in [-0.05, 0) is 36.5 Å². The van der Waals surface area contributed by atoms with Gasteiger partial charge in [0.15, 0.2) is 0 Å². The van der Waals surface area contributed by atoms with Gasteiger partial charge in [-0.1, -0.05) is 0 Å². The molecule has 0 atom stereocenters. The summed E-state index contributed by atoms with van der Waals surface area (Å²) >= 11 is 4.26. The van der Waals surface area contributed by atoms with Crippen molar-refractivity contribution in [2.45, 2.75) is 29.8 Å². The normalized spacial score (nSPS) is 15.7. The Morgan fingerprint density at radius 3 is 2.50 bits per heavy atom. The molecule has 0 aliphatic heterocycles. The van der Waals surface area contributed by atoms with Crippen LogP contribution in [-0.2, 0) is 6.18 Å². The van der Waals surface area contributed by atoms with Gasteiger partial charge < -0.3 is 0 Å². The van der Waals surface area contributed by atoms with Crippen molar-refractivity contribution in [3.05, 3.63) is 35.7 Å². The number of hydrogen-bond acceptors (Lipinski definition) is 3. The lowest BCUT2D eigenvalue weighted by atomic mass is 10.1. The fourth-order valence-corrected chi connectivity index (χ4v) is 2.34. The van der Waals surface area contributed by atoms with Crippen LogP contribution in [0.4, 0.5) is 17.6 Å². The Morgan fingerprint density at radius 2 is 1.95 bits per heavy atom. The monoisotopic (exact) mass is 303 g/mol. The van der Waals surface area contributed by atoms with E-state index < -0.39 is 17.8 Å². The van der Waals surface area contributed by atoms with Crippen molar-refractivity contribution in [2.75, 3.05) is 0 Å². The van der Waals surface area contributed by atoms with Crippen LogP contribution in [0.5, 0.6) is 0 Å². The Kier molecular flexibility index (Phi) is 3.00. The van der Waals surface area contributed by atoms with Gasteiger partial charge in [0.2, 0.25) is 0 Å². The second-order valence-electron chi connectivity index (χ2n) is 4.65. The van der Waals surface area contributed by atoms with Gasteiger partial charge in [-0.2, -0.15) is 13.2 Å². The van der Waals surface area contributed by atoms with Crippen LogP contribution >= 0.6 is 12.6 Å². The Morgan fingerprint density at radius 1 is 1.25 bits per heavy atom. The van der Waals surface area contributed by atoms with Crippen molar-refractivity contribution >= 4 is 12.6 Å². The third-order valence-corrected chi connectivity index (χ3v) is 3.49. The molecule has 8 heteroatoms. The molecule has 1 saturated carbocycles. The standard InChI is InChI=1S/C12H9F4N3S/c13-8-3-7(6-1-2-6)10(20)4-9(8)19-5-17-11(18-19)12(14,15)16/h3-6,20H,1-2H2. The van der Waals surface area contributed by atoms with Crippen LogP contribution in [0.15, 0.2) is 23.4 Å². The van der Waals surface area contributed by atoms with Crippen molar-refractivity contribution in [3.63, 3.8) is 0 Å². The molecule has 0 bridgehead atoms. The summed E-state index contributed by atoms with van der Waals surface area (Å²) in [7, 11) is 0. The lowest BCUT2D eigenvalue weighted by Crippen LogP contribution is -2.09. The predicted molar refractivity (Wildman–Crippen MR) is 65.5 cm³/mol. The lowest BCUT2D eigenvalue weighted by molar-refractivity contribution is -0.144. The molecule has 1 aliphatic rings. The van der Waals surface area contributed by atoms with Crippen molar-refractivity contribution < 1.29 is 17.6 Å². The molecule has 3 nitrogen and oxygen atoms in total.